The fraction of sp³-hybridized carbons (Fsp3) is 0.174. The summed E-state index contributed by atoms with van der Waals surface area (Å²) in [6.45, 7) is 1.54. The number of amides is 1. The van der Waals surface area contributed by atoms with Crippen LogP contribution in [0, 0.1) is 10.1 Å². The monoisotopic (exact) mass is 462 g/mol. The van der Waals surface area contributed by atoms with Crippen LogP contribution >= 0.6 is 11.6 Å². The second-order valence-corrected chi connectivity index (χ2v) is 8.16. The molecule has 9 nitrogen and oxygen atoms in total. The molecule has 1 saturated heterocycles. The van der Waals surface area contributed by atoms with E-state index in [2.05, 4.69) is 15.5 Å². The minimum absolute atomic E-state index is 0.0862. The number of carbonyl (C=O) groups is 1. The maximum atomic E-state index is 12.9. The number of nitro groups is 1. The van der Waals surface area contributed by atoms with Gasteiger partial charge >= 0.3 is 0 Å². The molecule has 33 heavy (non-hydrogen) atoms. The maximum Gasteiger partial charge on any atom is 0.293 e. The van der Waals surface area contributed by atoms with Gasteiger partial charge in [0, 0.05) is 24.7 Å². The summed E-state index contributed by atoms with van der Waals surface area (Å²) in [4.78, 5) is 27.5. The number of para-hydroxylation sites is 1. The number of nitrogens with one attached hydrogen (secondary N) is 1. The van der Waals surface area contributed by atoms with Crippen LogP contribution in [0.1, 0.15) is 23.2 Å². The summed E-state index contributed by atoms with van der Waals surface area (Å²) in [6.07, 6.45) is 1.99. The minimum atomic E-state index is -0.497. The molecule has 0 atom stereocenters. The minimum Gasteiger partial charge on any atom is -0.366 e. The molecule has 3 aromatic carbocycles. The Morgan fingerprint density at radius 2 is 1.70 bits per heavy atom. The Balaban J connectivity index is 1.43. The molecule has 4 aromatic rings. The lowest BCUT2D eigenvalue weighted by molar-refractivity contribution is -0.384. The number of nitrogens with zero attached hydrogens (tertiary/aromatic N) is 5. The van der Waals surface area contributed by atoms with Gasteiger partial charge in [-0.05, 0) is 49.2 Å². The molecule has 1 N–H and O–H groups in total. The number of halogens is 1. The number of aromatic nitrogens is 3. The van der Waals surface area contributed by atoms with Crippen molar-refractivity contribution in [2.45, 2.75) is 12.8 Å². The number of anilines is 2. The second-order valence-electron chi connectivity index (χ2n) is 7.75. The number of rotatable bonds is 5. The third-order valence-electron chi connectivity index (χ3n) is 5.59. The first-order valence-electron chi connectivity index (χ1n) is 10.5. The van der Waals surface area contributed by atoms with Crippen molar-refractivity contribution in [1.29, 1.82) is 0 Å². The van der Waals surface area contributed by atoms with E-state index < -0.39 is 10.8 Å². The van der Waals surface area contributed by atoms with Crippen LogP contribution in [0.15, 0.2) is 60.7 Å². The van der Waals surface area contributed by atoms with Gasteiger partial charge in [-0.2, -0.15) is 4.80 Å². The lowest BCUT2D eigenvalue weighted by Gasteiger charge is -2.17. The van der Waals surface area contributed by atoms with E-state index in [0.717, 1.165) is 31.6 Å². The normalized spacial score (nSPS) is 13.4. The van der Waals surface area contributed by atoms with Gasteiger partial charge in [0.2, 0.25) is 0 Å². The molecular formula is C23H19ClN6O3. The molecule has 0 aliphatic carbocycles. The van der Waals surface area contributed by atoms with Crippen LogP contribution in [0.25, 0.3) is 16.7 Å². The van der Waals surface area contributed by atoms with Crippen LogP contribution in [-0.2, 0) is 0 Å². The molecule has 1 amide bonds. The quantitative estimate of drug-likeness (QED) is 0.336. The topological polar surface area (TPSA) is 106 Å². The Bertz CT molecular complexity index is 1370. The molecule has 0 radical (unpaired) electrons. The predicted molar refractivity (Wildman–Crippen MR) is 126 cm³/mol. The molecule has 0 saturated carbocycles. The van der Waals surface area contributed by atoms with Gasteiger partial charge in [-0.15, -0.1) is 10.2 Å². The molecule has 166 valence electrons. The first-order chi connectivity index (χ1) is 16.0. The van der Waals surface area contributed by atoms with Crippen molar-refractivity contribution in [2.24, 2.45) is 0 Å². The number of fused-ring (bicyclic) bond motifs is 1. The average Bonchev–Trinajstić information content (AvgIpc) is 3.49. The molecule has 1 fully saturated rings. The molecule has 1 aromatic heterocycles. The van der Waals surface area contributed by atoms with E-state index in [1.165, 1.54) is 10.9 Å². The van der Waals surface area contributed by atoms with Gasteiger partial charge in [0.05, 0.1) is 21.3 Å². The highest BCUT2D eigenvalue weighted by atomic mass is 35.5. The third-order valence-corrected chi connectivity index (χ3v) is 5.90. The Morgan fingerprint density at radius 3 is 2.39 bits per heavy atom. The van der Waals surface area contributed by atoms with Gasteiger partial charge in [-0.3, -0.25) is 14.9 Å². The van der Waals surface area contributed by atoms with E-state index >= 15 is 0 Å². The van der Waals surface area contributed by atoms with E-state index in [-0.39, 0.29) is 11.3 Å². The van der Waals surface area contributed by atoms with E-state index in [4.69, 9.17) is 11.6 Å². The summed E-state index contributed by atoms with van der Waals surface area (Å²) < 4.78 is 0. The van der Waals surface area contributed by atoms with E-state index in [1.807, 2.05) is 35.2 Å². The van der Waals surface area contributed by atoms with Crippen molar-refractivity contribution < 1.29 is 9.72 Å². The third kappa shape index (κ3) is 4.10. The predicted octanol–water partition coefficient (Wildman–Crippen LogP) is 4.83. The van der Waals surface area contributed by atoms with Gasteiger partial charge in [0.25, 0.3) is 11.6 Å². The van der Waals surface area contributed by atoms with Crippen molar-refractivity contribution in [3.8, 4) is 5.69 Å². The lowest BCUT2D eigenvalue weighted by Crippen LogP contribution is -2.20. The Labute approximate surface area is 193 Å². The number of carbonyl (C=O) groups excluding carboxylic acids is 1. The number of nitro benzene ring substituents is 1. The van der Waals surface area contributed by atoms with Crippen LogP contribution in [-0.4, -0.2) is 38.9 Å². The van der Waals surface area contributed by atoms with E-state index in [0.29, 0.717) is 27.4 Å². The molecular weight excluding hydrogens is 444 g/mol. The summed E-state index contributed by atoms with van der Waals surface area (Å²) in [5.41, 5.74) is 2.89. The summed E-state index contributed by atoms with van der Waals surface area (Å²) in [5.74, 6) is -0.497. The molecule has 1 aliphatic heterocycles. The first-order valence-corrected chi connectivity index (χ1v) is 10.8. The molecule has 2 heterocycles. The van der Waals surface area contributed by atoms with Gasteiger partial charge in [0.15, 0.2) is 0 Å². The molecule has 10 heteroatoms. The highest BCUT2D eigenvalue weighted by Gasteiger charge is 2.24. The van der Waals surface area contributed by atoms with Crippen molar-refractivity contribution in [3.05, 3.63) is 81.4 Å². The van der Waals surface area contributed by atoms with Crippen LogP contribution in [0.4, 0.5) is 17.1 Å². The standard InChI is InChI=1S/C23H19ClN6O3/c24-17-13-19-20(27-29(26-19)16-6-2-1-3-7-16)14-18(17)25-23(31)15-8-9-21(22(12-15)30(32)33)28-10-4-5-11-28/h1-3,6-9,12-14H,4-5,10-11H2,(H,25,31). The van der Waals surface area contributed by atoms with Crippen LogP contribution in [0.3, 0.4) is 0 Å². The zero-order valence-electron chi connectivity index (χ0n) is 17.4. The Hall–Kier alpha value is -3.98. The molecule has 1 aliphatic rings. The number of hydrogen-bond acceptors (Lipinski definition) is 6. The van der Waals surface area contributed by atoms with Gasteiger partial charge in [-0.1, -0.05) is 29.8 Å². The summed E-state index contributed by atoms with van der Waals surface area (Å²) in [7, 11) is 0. The average molecular weight is 463 g/mol. The largest absolute Gasteiger partial charge is 0.366 e. The van der Waals surface area contributed by atoms with Crippen LogP contribution in [0.5, 0.6) is 0 Å². The molecule has 0 unspecified atom stereocenters. The fourth-order valence-electron chi connectivity index (χ4n) is 3.94. The van der Waals surface area contributed by atoms with Gasteiger partial charge < -0.3 is 10.2 Å². The zero-order valence-corrected chi connectivity index (χ0v) is 18.2. The Kier molecular flexibility index (Phi) is 5.39. The highest BCUT2D eigenvalue weighted by molar-refractivity contribution is 6.34. The van der Waals surface area contributed by atoms with Crippen LogP contribution < -0.4 is 10.2 Å². The second kappa shape index (κ2) is 8.51. The lowest BCUT2D eigenvalue weighted by atomic mass is 10.1. The van der Waals surface area contributed by atoms with Crippen molar-refractivity contribution in [1.82, 2.24) is 15.0 Å². The molecule has 0 spiro atoms. The smallest absolute Gasteiger partial charge is 0.293 e. The highest BCUT2D eigenvalue weighted by Crippen LogP contribution is 2.32. The Morgan fingerprint density at radius 1 is 1.00 bits per heavy atom. The molecule has 5 rings (SSSR count). The van der Waals surface area contributed by atoms with E-state index in [9.17, 15) is 14.9 Å². The van der Waals surface area contributed by atoms with Crippen LogP contribution in [0.2, 0.25) is 5.02 Å². The van der Waals surface area contributed by atoms with Crippen molar-refractivity contribution >= 4 is 45.6 Å². The zero-order chi connectivity index (χ0) is 22.9. The van der Waals surface area contributed by atoms with E-state index in [1.54, 1.807) is 24.3 Å². The number of hydrogen-bond donors (Lipinski definition) is 1. The molecule has 0 bridgehead atoms. The summed E-state index contributed by atoms with van der Waals surface area (Å²) in [5, 5.41) is 23.6. The summed E-state index contributed by atoms with van der Waals surface area (Å²) in [6, 6.07) is 17.2. The van der Waals surface area contributed by atoms with Gasteiger partial charge in [-0.25, -0.2) is 0 Å². The SMILES string of the molecule is O=C(Nc1cc2nn(-c3ccccc3)nc2cc1Cl)c1ccc(N2CCCC2)c([N+](=O)[O-])c1. The maximum absolute atomic E-state index is 12.9. The van der Waals surface area contributed by atoms with Gasteiger partial charge in [0.1, 0.15) is 16.7 Å². The van der Waals surface area contributed by atoms with Crippen molar-refractivity contribution in [2.75, 3.05) is 23.3 Å². The fourth-order valence-corrected chi connectivity index (χ4v) is 4.15. The first kappa shape index (κ1) is 20.9. The summed E-state index contributed by atoms with van der Waals surface area (Å²) >= 11 is 6.38. The number of benzene rings is 3. The van der Waals surface area contributed by atoms with Crippen molar-refractivity contribution in [3.63, 3.8) is 0 Å².